The highest BCUT2D eigenvalue weighted by atomic mass is 16.6. The molecule has 0 N–H and O–H groups in total. The molecular weight excluding hydrogens is 420 g/mol. The summed E-state index contributed by atoms with van der Waals surface area (Å²) in [6, 6.07) is 14.1. The lowest BCUT2D eigenvalue weighted by molar-refractivity contribution is 0.0734. The molecule has 2 aliphatic rings. The van der Waals surface area contributed by atoms with Gasteiger partial charge < -0.3 is 23.7 Å². The second-order valence-corrected chi connectivity index (χ2v) is 7.28. The average Bonchev–Trinajstić information content (AvgIpc) is 3.66. The van der Waals surface area contributed by atoms with E-state index in [-0.39, 0.29) is 29.7 Å². The maximum absolute atomic E-state index is 12.3. The van der Waals surface area contributed by atoms with Crippen molar-refractivity contribution in [3.05, 3.63) is 54.1 Å². The zero-order valence-electron chi connectivity index (χ0n) is 16.4. The van der Waals surface area contributed by atoms with Crippen LogP contribution in [0, 0.1) is 0 Å². The SMILES string of the molecule is C.C.C.C.O=C(Oc1ccc(OCCCC2CO2)cc1)c1ccc(OCCCC2CO2)cc1. The van der Waals surface area contributed by atoms with Crippen LogP contribution in [-0.4, -0.2) is 44.6 Å². The molecule has 6 heteroatoms. The number of rotatable bonds is 12. The molecule has 2 aliphatic heterocycles. The molecule has 0 saturated carbocycles. The lowest BCUT2D eigenvalue weighted by Gasteiger charge is -2.08. The second-order valence-electron chi connectivity index (χ2n) is 7.28. The van der Waals surface area contributed by atoms with E-state index >= 15 is 0 Å². The first-order chi connectivity index (χ1) is 14.3. The first-order valence-corrected chi connectivity index (χ1v) is 10.2. The van der Waals surface area contributed by atoms with Gasteiger partial charge in [0, 0.05) is 0 Å². The minimum Gasteiger partial charge on any atom is -0.494 e. The Morgan fingerprint density at radius 2 is 1.09 bits per heavy atom. The Morgan fingerprint density at radius 1 is 0.697 bits per heavy atom. The highest BCUT2D eigenvalue weighted by Crippen LogP contribution is 2.21. The van der Waals surface area contributed by atoms with Crippen LogP contribution in [0.1, 0.15) is 65.7 Å². The van der Waals surface area contributed by atoms with E-state index in [0.717, 1.165) is 50.4 Å². The van der Waals surface area contributed by atoms with Crippen LogP contribution in [0.4, 0.5) is 0 Å². The van der Waals surface area contributed by atoms with Crippen LogP contribution >= 0.6 is 0 Å². The van der Waals surface area contributed by atoms with Crippen LogP contribution in [0.15, 0.2) is 48.5 Å². The maximum Gasteiger partial charge on any atom is 0.343 e. The fourth-order valence-corrected chi connectivity index (χ4v) is 2.93. The lowest BCUT2D eigenvalue weighted by atomic mass is 10.2. The zero-order chi connectivity index (χ0) is 19.9. The summed E-state index contributed by atoms with van der Waals surface area (Å²) in [6.45, 7) is 3.06. The largest absolute Gasteiger partial charge is 0.494 e. The van der Waals surface area contributed by atoms with Crippen molar-refractivity contribution in [1.29, 1.82) is 0 Å². The summed E-state index contributed by atoms with van der Waals surface area (Å²) in [5.41, 5.74) is 0.478. The molecule has 2 aromatic carbocycles. The molecular formula is C27H42O6. The van der Waals surface area contributed by atoms with Gasteiger partial charge in [-0.3, -0.25) is 0 Å². The number of hydrogen-bond acceptors (Lipinski definition) is 6. The van der Waals surface area contributed by atoms with Gasteiger partial charge in [0.25, 0.3) is 0 Å². The maximum atomic E-state index is 12.3. The van der Waals surface area contributed by atoms with E-state index < -0.39 is 5.97 Å². The molecule has 0 amide bonds. The van der Waals surface area contributed by atoms with Gasteiger partial charge in [0.05, 0.1) is 44.2 Å². The Hall–Kier alpha value is -2.57. The van der Waals surface area contributed by atoms with Gasteiger partial charge in [0.15, 0.2) is 0 Å². The van der Waals surface area contributed by atoms with Crippen molar-refractivity contribution < 1.29 is 28.5 Å². The van der Waals surface area contributed by atoms with Gasteiger partial charge >= 0.3 is 5.97 Å². The summed E-state index contributed by atoms with van der Waals surface area (Å²) in [5.74, 6) is 1.58. The van der Waals surface area contributed by atoms with Crippen LogP contribution in [0.3, 0.4) is 0 Å². The molecule has 0 radical (unpaired) electrons. The highest BCUT2D eigenvalue weighted by Gasteiger charge is 2.21. The molecule has 0 aromatic heterocycles. The van der Waals surface area contributed by atoms with E-state index in [2.05, 4.69) is 0 Å². The Bertz CT molecular complexity index is 779. The Kier molecular flexibility index (Phi) is 14.1. The number of carbonyl (C=O) groups excluding carboxylic acids is 1. The van der Waals surface area contributed by atoms with Gasteiger partial charge in [0.1, 0.15) is 17.2 Å². The minimum atomic E-state index is -0.402. The summed E-state index contributed by atoms with van der Waals surface area (Å²) in [6.07, 6.45) is 4.86. The monoisotopic (exact) mass is 462 g/mol. The summed E-state index contributed by atoms with van der Waals surface area (Å²) in [5, 5.41) is 0. The molecule has 4 rings (SSSR count). The number of benzene rings is 2. The number of esters is 1. The smallest absolute Gasteiger partial charge is 0.343 e. The quantitative estimate of drug-likeness (QED) is 0.154. The lowest BCUT2D eigenvalue weighted by Crippen LogP contribution is -2.08. The fourth-order valence-electron chi connectivity index (χ4n) is 2.93. The van der Waals surface area contributed by atoms with Gasteiger partial charge in [-0.05, 0) is 74.2 Å². The molecule has 186 valence electrons. The molecule has 33 heavy (non-hydrogen) atoms. The molecule has 2 aromatic rings. The molecule has 6 nitrogen and oxygen atoms in total. The molecule has 2 saturated heterocycles. The zero-order valence-corrected chi connectivity index (χ0v) is 16.4. The topological polar surface area (TPSA) is 69.8 Å². The number of epoxide rings is 2. The fraction of sp³-hybridized carbons (Fsp3) is 0.519. The molecule has 0 aliphatic carbocycles. The Morgan fingerprint density at radius 3 is 1.52 bits per heavy atom. The Balaban J connectivity index is 0.00000256. The summed E-state index contributed by atoms with van der Waals surface area (Å²) < 4.78 is 27.1. The molecule has 2 fully saturated rings. The normalized spacial score (nSPS) is 17.1. The van der Waals surface area contributed by atoms with E-state index in [1.54, 1.807) is 48.5 Å². The van der Waals surface area contributed by atoms with Crippen LogP contribution in [0.25, 0.3) is 0 Å². The van der Waals surface area contributed by atoms with E-state index in [1.165, 1.54) is 0 Å². The van der Waals surface area contributed by atoms with Crippen molar-refractivity contribution >= 4 is 5.97 Å². The average molecular weight is 463 g/mol. The standard InChI is InChI=1S/C23H26O6.4CH4/c24-23(17-5-7-18(8-6-17)25-13-1-3-21-15-27-21)29-20-11-9-19(10-12-20)26-14-2-4-22-16-28-22;;;;/h5-12,21-22H,1-4,13-16H2;4*1H4. The number of hydrogen-bond donors (Lipinski definition) is 0. The van der Waals surface area contributed by atoms with E-state index in [1.807, 2.05) is 0 Å². The summed E-state index contributed by atoms with van der Waals surface area (Å²) in [7, 11) is 0. The molecule has 2 heterocycles. The van der Waals surface area contributed by atoms with Crippen LogP contribution in [-0.2, 0) is 9.47 Å². The first kappa shape index (κ1) is 30.4. The van der Waals surface area contributed by atoms with Crippen LogP contribution in [0.2, 0.25) is 0 Å². The third-order valence-electron chi connectivity index (χ3n) is 4.81. The van der Waals surface area contributed by atoms with Gasteiger partial charge in [-0.2, -0.15) is 0 Å². The van der Waals surface area contributed by atoms with E-state index in [4.69, 9.17) is 23.7 Å². The third kappa shape index (κ3) is 10.7. The van der Waals surface area contributed by atoms with Gasteiger partial charge in [0.2, 0.25) is 0 Å². The van der Waals surface area contributed by atoms with Crippen molar-refractivity contribution in [2.24, 2.45) is 0 Å². The molecule has 2 atom stereocenters. The first-order valence-electron chi connectivity index (χ1n) is 10.2. The van der Waals surface area contributed by atoms with Gasteiger partial charge in [-0.1, -0.05) is 29.7 Å². The van der Waals surface area contributed by atoms with Crippen molar-refractivity contribution in [2.75, 3.05) is 26.4 Å². The summed E-state index contributed by atoms with van der Waals surface area (Å²) >= 11 is 0. The number of carbonyl (C=O) groups is 1. The summed E-state index contributed by atoms with van der Waals surface area (Å²) in [4.78, 5) is 12.3. The third-order valence-corrected chi connectivity index (χ3v) is 4.81. The molecule has 0 bridgehead atoms. The van der Waals surface area contributed by atoms with Crippen molar-refractivity contribution in [2.45, 2.75) is 67.6 Å². The van der Waals surface area contributed by atoms with E-state index in [0.29, 0.717) is 36.7 Å². The van der Waals surface area contributed by atoms with E-state index in [9.17, 15) is 4.79 Å². The van der Waals surface area contributed by atoms with Crippen LogP contribution in [0.5, 0.6) is 17.2 Å². The second kappa shape index (κ2) is 15.3. The van der Waals surface area contributed by atoms with Crippen molar-refractivity contribution in [3.63, 3.8) is 0 Å². The van der Waals surface area contributed by atoms with Crippen molar-refractivity contribution in [1.82, 2.24) is 0 Å². The predicted molar refractivity (Wildman–Crippen MR) is 134 cm³/mol. The Labute approximate surface area is 200 Å². The highest BCUT2D eigenvalue weighted by molar-refractivity contribution is 5.91. The molecule has 0 spiro atoms. The minimum absolute atomic E-state index is 0. The van der Waals surface area contributed by atoms with Crippen molar-refractivity contribution in [3.8, 4) is 17.2 Å². The predicted octanol–water partition coefficient (Wildman–Crippen LogP) is 6.57. The number of ether oxygens (including phenoxy) is 5. The van der Waals surface area contributed by atoms with Gasteiger partial charge in [-0.25, -0.2) is 4.79 Å². The van der Waals surface area contributed by atoms with Crippen LogP contribution < -0.4 is 14.2 Å². The molecule has 2 unspecified atom stereocenters. The van der Waals surface area contributed by atoms with Gasteiger partial charge in [-0.15, -0.1) is 0 Å².